The van der Waals surface area contributed by atoms with Crippen LogP contribution >= 0.6 is 0 Å². The predicted octanol–water partition coefficient (Wildman–Crippen LogP) is 10.6. The molecular weight excluding hydrogens is 550 g/mol. The summed E-state index contributed by atoms with van der Waals surface area (Å²) in [5, 5.41) is 7.00. The fourth-order valence-electron chi connectivity index (χ4n) is 7.58. The number of aromatic nitrogens is 3. The van der Waals surface area contributed by atoms with E-state index in [4.69, 9.17) is 14.4 Å². The van der Waals surface area contributed by atoms with E-state index in [2.05, 4.69) is 134 Å². The minimum Gasteiger partial charge on any atom is -0.456 e. The number of hydrogen-bond donors (Lipinski definition) is 0. The van der Waals surface area contributed by atoms with Gasteiger partial charge in [-0.15, -0.1) is 0 Å². The van der Waals surface area contributed by atoms with Gasteiger partial charge >= 0.3 is 0 Å². The number of fused-ring (bicyclic) bond motifs is 10. The van der Waals surface area contributed by atoms with E-state index in [0.29, 0.717) is 5.95 Å². The molecule has 0 amide bonds. The lowest BCUT2D eigenvalue weighted by Gasteiger charge is -2.21. The maximum absolute atomic E-state index is 6.20. The van der Waals surface area contributed by atoms with Crippen LogP contribution in [0.15, 0.2) is 132 Å². The minimum absolute atomic E-state index is 0.295. The molecule has 6 aromatic carbocycles. The van der Waals surface area contributed by atoms with Crippen LogP contribution in [-0.2, 0) is 5.41 Å². The molecule has 0 saturated carbocycles. The molecule has 0 N–H and O–H groups in total. The number of nitrogens with zero attached hydrogens (tertiary/aromatic N) is 3. The number of rotatable bonds is 2. The summed E-state index contributed by atoms with van der Waals surface area (Å²) in [6, 6.07) is 45.1. The Morgan fingerprint density at radius 1 is 0.578 bits per heavy atom. The number of furan rings is 1. The summed E-state index contributed by atoms with van der Waals surface area (Å²) in [7, 11) is 0. The molecule has 1 aliphatic rings. The molecule has 0 spiro atoms. The van der Waals surface area contributed by atoms with Crippen molar-refractivity contribution in [1.82, 2.24) is 14.5 Å². The first kappa shape index (κ1) is 24.7. The summed E-state index contributed by atoms with van der Waals surface area (Å²) < 4.78 is 8.46. The number of para-hydroxylation sites is 2. The lowest BCUT2D eigenvalue weighted by molar-refractivity contribution is 0.632. The van der Waals surface area contributed by atoms with Crippen LogP contribution in [0.1, 0.15) is 25.1 Å². The summed E-state index contributed by atoms with van der Waals surface area (Å²) in [5.74, 6) is 0.684. The Labute approximate surface area is 259 Å². The second kappa shape index (κ2) is 8.67. The van der Waals surface area contributed by atoms with Crippen LogP contribution in [0.5, 0.6) is 0 Å². The Kier molecular flexibility index (Phi) is 4.76. The van der Waals surface area contributed by atoms with Crippen molar-refractivity contribution >= 4 is 54.5 Å². The third-order valence-corrected chi connectivity index (χ3v) is 9.75. The van der Waals surface area contributed by atoms with Gasteiger partial charge in [-0.1, -0.05) is 98.8 Å². The van der Waals surface area contributed by atoms with Crippen LogP contribution in [0, 0.1) is 0 Å². The van der Waals surface area contributed by atoms with Gasteiger partial charge < -0.3 is 4.42 Å². The average molecular weight is 578 g/mol. The summed E-state index contributed by atoms with van der Waals surface area (Å²) in [5.41, 5.74) is 10.3. The fraction of sp³-hybridized carbons (Fsp3) is 0.0732. The molecule has 9 aromatic rings. The Morgan fingerprint density at radius 2 is 1.29 bits per heavy atom. The fourth-order valence-corrected chi connectivity index (χ4v) is 7.58. The first-order valence-corrected chi connectivity index (χ1v) is 15.4. The van der Waals surface area contributed by atoms with Gasteiger partial charge in [-0.25, -0.2) is 9.97 Å². The van der Waals surface area contributed by atoms with E-state index in [9.17, 15) is 0 Å². The Morgan fingerprint density at radius 3 is 2.18 bits per heavy atom. The zero-order valence-electron chi connectivity index (χ0n) is 24.9. The zero-order valence-corrected chi connectivity index (χ0v) is 24.9. The van der Waals surface area contributed by atoms with Crippen molar-refractivity contribution in [2.45, 2.75) is 19.3 Å². The van der Waals surface area contributed by atoms with Crippen LogP contribution in [0.4, 0.5) is 0 Å². The molecule has 212 valence electrons. The first-order chi connectivity index (χ1) is 22.1. The molecule has 0 saturated heterocycles. The summed E-state index contributed by atoms with van der Waals surface area (Å²) >= 11 is 0. The van der Waals surface area contributed by atoms with Crippen molar-refractivity contribution < 1.29 is 4.42 Å². The van der Waals surface area contributed by atoms with Gasteiger partial charge in [-0.05, 0) is 64.4 Å². The quantitative estimate of drug-likeness (QED) is 0.205. The molecule has 45 heavy (non-hydrogen) atoms. The number of hydrogen-bond acceptors (Lipinski definition) is 3. The second-order valence-electron chi connectivity index (χ2n) is 12.6. The Balaban J connectivity index is 1.34. The lowest BCUT2D eigenvalue weighted by Crippen LogP contribution is -2.18. The highest BCUT2D eigenvalue weighted by molar-refractivity contribution is 6.13. The number of benzene rings is 6. The van der Waals surface area contributed by atoms with E-state index in [0.717, 1.165) is 55.5 Å². The van der Waals surface area contributed by atoms with E-state index < -0.39 is 0 Å². The van der Waals surface area contributed by atoms with E-state index in [-0.39, 0.29) is 5.41 Å². The Hall–Kier alpha value is -5.74. The van der Waals surface area contributed by atoms with Crippen molar-refractivity contribution in [2.75, 3.05) is 0 Å². The molecule has 3 aromatic heterocycles. The van der Waals surface area contributed by atoms with Crippen LogP contribution in [0.2, 0.25) is 0 Å². The monoisotopic (exact) mass is 577 g/mol. The molecule has 0 bridgehead atoms. The van der Waals surface area contributed by atoms with Crippen molar-refractivity contribution in [1.29, 1.82) is 0 Å². The van der Waals surface area contributed by atoms with Gasteiger partial charge in [0.25, 0.3) is 0 Å². The first-order valence-electron chi connectivity index (χ1n) is 15.4. The normalized spacial score (nSPS) is 13.7. The van der Waals surface area contributed by atoms with Crippen molar-refractivity contribution in [3.8, 4) is 28.3 Å². The molecular formula is C41H27N3O. The van der Waals surface area contributed by atoms with Crippen LogP contribution in [0.3, 0.4) is 0 Å². The standard InChI is InChI=1S/C41H27N3O/c1-41(2)32-16-8-5-15-29(32)37-38(26-19-20-36-31(22-26)28-14-7-10-18-35(28)45-36)42-40(43-39(37)41)44-33-17-9-6-13-27(33)30-21-24-11-3-4-12-25(24)23-34(30)44/h3-23H,1-2H3. The largest absolute Gasteiger partial charge is 0.456 e. The summed E-state index contributed by atoms with van der Waals surface area (Å²) in [4.78, 5) is 11.0. The van der Waals surface area contributed by atoms with E-state index in [1.54, 1.807) is 0 Å². The third-order valence-electron chi connectivity index (χ3n) is 9.75. The smallest absolute Gasteiger partial charge is 0.235 e. The molecule has 0 atom stereocenters. The molecule has 0 aliphatic heterocycles. The molecule has 0 radical (unpaired) electrons. The van der Waals surface area contributed by atoms with Gasteiger partial charge in [-0.3, -0.25) is 4.57 Å². The molecule has 0 unspecified atom stereocenters. The minimum atomic E-state index is -0.295. The highest BCUT2D eigenvalue weighted by Crippen LogP contribution is 2.51. The zero-order chi connectivity index (χ0) is 29.9. The van der Waals surface area contributed by atoms with Crippen molar-refractivity contribution in [3.63, 3.8) is 0 Å². The highest BCUT2D eigenvalue weighted by Gasteiger charge is 2.40. The van der Waals surface area contributed by atoms with Gasteiger partial charge in [0.05, 0.1) is 22.4 Å². The van der Waals surface area contributed by atoms with Crippen LogP contribution in [-0.4, -0.2) is 14.5 Å². The summed E-state index contributed by atoms with van der Waals surface area (Å²) in [6.07, 6.45) is 0. The maximum Gasteiger partial charge on any atom is 0.235 e. The molecule has 4 nitrogen and oxygen atoms in total. The van der Waals surface area contributed by atoms with Gasteiger partial charge in [0.15, 0.2) is 0 Å². The maximum atomic E-state index is 6.20. The van der Waals surface area contributed by atoms with E-state index in [1.165, 1.54) is 32.7 Å². The topological polar surface area (TPSA) is 43.9 Å². The highest BCUT2D eigenvalue weighted by atomic mass is 16.3. The Bertz CT molecular complexity index is 2690. The van der Waals surface area contributed by atoms with Crippen molar-refractivity contribution in [2.24, 2.45) is 0 Å². The lowest BCUT2D eigenvalue weighted by atomic mass is 9.85. The van der Waals surface area contributed by atoms with E-state index >= 15 is 0 Å². The van der Waals surface area contributed by atoms with Gasteiger partial charge in [0.2, 0.25) is 5.95 Å². The van der Waals surface area contributed by atoms with Gasteiger partial charge in [0.1, 0.15) is 11.2 Å². The van der Waals surface area contributed by atoms with E-state index in [1.807, 2.05) is 12.1 Å². The molecule has 3 heterocycles. The summed E-state index contributed by atoms with van der Waals surface area (Å²) in [6.45, 7) is 4.56. The third kappa shape index (κ3) is 3.31. The van der Waals surface area contributed by atoms with Crippen molar-refractivity contribution in [3.05, 3.63) is 139 Å². The predicted molar refractivity (Wildman–Crippen MR) is 184 cm³/mol. The van der Waals surface area contributed by atoms with Gasteiger partial charge in [-0.2, -0.15) is 0 Å². The molecule has 10 rings (SSSR count). The van der Waals surface area contributed by atoms with Crippen LogP contribution < -0.4 is 0 Å². The second-order valence-corrected chi connectivity index (χ2v) is 12.6. The molecule has 4 heteroatoms. The van der Waals surface area contributed by atoms with Crippen LogP contribution in [0.25, 0.3) is 82.8 Å². The SMILES string of the molecule is CC1(C)c2ccccc2-c2c(-c3ccc4oc5ccccc5c4c3)nc(-n3c4ccccc4c4cc5ccccc5cc43)nc21. The van der Waals surface area contributed by atoms with Gasteiger partial charge in [0, 0.05) is 38.1 Å². The molecule has 1 aliphatic carbocycles. The average Bonchev–Trinajstić information content (AvgIpc) is 3.68. The molecule has 0 fully saturated rings.